The number of hydrogen-bond donors (Lipinski definition) is 0. The van der Waals surface area contributed by atoms with E-state index in [0.29, 0.717) is 33.2 Å². The first-order chi connectivity index (χ1) is 11.9. The molecule has 130 valence electrons. The highest BCUT2D eigenvalue weighted by molar-refractivity contribution is 9.10. The van der Waals surface area contributed by atoms with Crippen molar-refractivity contribution in [2.45, 2.75) is 4.90 Å². The van der Waals surface area contributed by atoms with E-state index in [-0.39, 0.29) is 10.5 Å². The zero-order valence-corrected chi connectivity index (χ0v) is 15.8. The molecule has 6 nitrogen and oxygen atoms in total. The van der Waals surface area contributed by atoms with Crippen molar-refractivity contribution in [3.63, 3.8) is 0 Å². The molecular formula is C17H14BrNO5S. The summed E-state index contributed by atoms with van der Waals surface area (Å²) in [5.41, 5.74) is 0.660. The summed E-state index contributed by atoms with van der Waals surface area (Å²) in [6.45, 7) is 0. The summed E-state index contributed by atoms with van der Waals surface area (Å²) in [5, 5.41) is 0.502. The first-order valence-electron chi connectivity index (χ1n) is 7.15. The monoisotopic (exact) mass is 423 g/mol. The van der Waals surface area contributed by atoms with Crippen LogP contribution in [0.1, 0.15) is 10.4 Å². The first kappa shape index (κ1) is 17.5. The van der Waals surface area contributed by atoms with Crippen LogP contribution in [0.4, 0.5) is 0 Å². The van der Waals surface area contributed by atoms with E-state index < -0.39 is 10.0 Å². The number of benzene rings is 2. The zero-order valence-electron chi connectivity index (χ0n) is 13.4. The molecule has 0 radical (unpaired) electrons. The van der Waals surface area contributed by atoms with E-state index >= 15 is 0 Å². The highest BCUT2D eigenvalue weighted by atomic mass is 79.9. The summed E-state index contributed by atoms with van der Waals surface area (Å²) in [6, 6.07) is 9.47. The number of halogens is 1. The molecule has 0 amide bonds. The molecule has 0 bridgehead atoms. The highest BCUT2D eigenvalue weighted by Crippen LogP contribution is 2.32. The van der Waals surface area contributed by atoms with Gasteiger partial charge in [-0.05, 0) is 52.3 Å². The maximum absolute atomic E-state index is 13.1. The number of carbonyl (C=O) groups excluding carboxylic acids is 1. The fourth-order valence-electron chi connectivity index (χ4n) is 2.55. The number of nitrogens with zero attached hydrogens (tertiary/aromatic N) is 1. The summed E-state index contributed by atoms with van der Waals surface area (Å²) in [6.07, 6.45) is 1.93. The smallest absolute Gasteiger partial charge is 0.269 e. The van der Waals surface area contributed by atoms with Crippen molar-refractivity contribution in [3.05, 3.63) is 52.6 Å². The molecule has 0 atom stereocenters. The van der Waals surface area contributed by atoms with E-state index in [1.165, 1.54) is 26.5 Å². The molecule has 0 saturated carbocycles. The van der Waals surface area contributed by atoms with Gasteiger partial charge >= 0.3 is 0 Å². The Morgan fingerprint density at radius 3 is 2.28 bits per heavy atom. The third-order valence-corrected chi connectivity index (χ3v) is 6.46. The lowest BCUT2D eigenvalue weighted by atomic mass is 10.2. The molecule has 25 heavy (non-hydrogen) atoms. The minimum Gasteiger partial charge on any atom is -0.497 e. The Balaban J connectivity index is 2.26. The van der Waals surface area contributed by atoms with Gasteiger partial charge < -0.3 is 9.47 Å². The first-order valence-corrected chi connectivity index (χ1v) is 9.39. The fourth-order valence-corrected chi connectivity index (χ4v) is 4.95. The van der Waals surface area contributed by atoms with Crippen LogP contribution in [0.3, 0.4) is 0 Å². The Labute approximate surface area is 153 Å². The summed E-state index contributed by atoms with van der Waals surface area (Å²) in [5.74, 6) is 1.07. The number of hydrogen-bond acceptors (Lipinski definition) is 5. The van der Waals surface area contributed by atoms with Gasteiger partial charge in [-0.1, -0.05) is 0 Å². The Morgan fingerprint density at radius 2 is 1.68 bits per heavy atom. The van der Waals surface area contributed by atoms with Crippen molar-refractivity contribution in [3.8, 4) is 11.5 Å². The van der Waals surface area contributed by atoms with Crippen molar-refractivity contribution in [1.82, 2.24) is 3.97 Å². The predicted molar refractivity (Wildman–Crippen MR) is 97.2 cm³/mol. The van der Waals surface area contributed by atoms with Gasteiger partial charge in [0.2, 0.25) is 0 Å². The number of carbonyl (C=O) groups is 1. The lowest BCUT2D eigenvalue weighted by Crippen LogP contribution is -2.12. The normalized spacial score (nSPS) is 11.5. The number of rotatable bonds is 5. The number of methoxy groups -OCH3 is 2. The van der Waals surface area contributed by atoms with Crippen LogP contribution in [0.15, 0.2) is 52.0 Å². The van der Waals surface area contributed by atoms with Gasteiger partial charge in [0.25, 0.3) is 10.0 Å². The summed E-state index contributed by atoms with van der Waals surface area (Å²) in [4.78, 5) is 11.4. The van der Waals surface area contributed by atoms with Gasteiger partial charge in [0.1, 0.15) is 16.4 Å². The van der Waals surface area contributed by atoms with Crippen LogP contribution in [0.5, 0.6) is 11.5 Å². The molecule has 0 N–H and O–H groups in total. The van der Waals surface area contributed by atoms with Crippen molar-refractivity contribution in [2.24, 2.45) is 0 Å². The van der Waals surface area contributed by atoms with Gasteiger partial charge in [-0.15, -0.1) is 0 Å². The third kappa shape index (κ3) is 2.91. The maximum Gasteiger partial charge on any atom is 0.269 e. The lowest BCUT2D eigenvalue weighted by molar-refractivity contribution is 0.112. The number of fused-ring (bicyclic) bond motifs is 1. The van der Waals surface area contributed by atoms with Crippen molar-refractivity contribution in [1.29, 1.82) is 0 Å². The molecular weight excluding hydrogens is 410 g/mol. The molecule has 0 aliphatic rings. The van der Waals surface area contributed by atoms with Gasteiger partial charge in [0, 0.05) is 21.6 Å². The molecule has 3 rings (SSSR count). The average molecular weight is 424 g/mol. The standard InChI is InChI=1S/C17H14BrNO5S/c1-23-12-3-5-16-14(7-12)11(10-20)9-19(16)25(21,22)17-6-4-13(24-2)8-15(17)18/h3-10H,1-2H3. The van der Waals surface area contributed by atoms with E-state index in [4.69, 9.17) is 9.47 Å². The average Bonchev–Trinajstić information content (AvgIpc) is 2.99. The van der Waals surface area contributed by atoms with Gasteiger partial charge in [0.05, 0.1) is 19.7 Å². The molecule has 3 aromatic rings. The Kier molecular flexibility index (Phi) is 4.57. The van der Waals surface area contributed by atoms with E-state index in [0.717, 1.165) is 3.97 Å². The molecule has 2 aromatic carbocycles. The van der Waals surface area contributed by atoms with Crippen LogP contribution in [0.25, 0.3) is 10.9 Å². The second-order valence-corrected chi connectivity index (χ2v) is 7.82. The number of aldehydes is 1. The Hall–Kier alpha value is -2.32. The van der Waals surface area contributed by atoms with Crippen molar-refractivity contribution in [2.75, 3.05) is 14.2 Å². The zero-order chi connectivity index (χ0) is 18.2. The molecule has 1 aromatic heterocycles. The van der Waals surface area contributed by atoms with Crippen LogP contribution in [0.2, 0.25) is 0 Å². The quantitative estimate of drug-likeness (QED) is 0.587. The Morgan fingerprint density at radius 1 is 1.04 bits per heavy atom. The van der Waals surface area contributed by atoms with Gasteiger partial charge in [-0.25, -0.2) is 12.4 Å². The topological polar surface area (TPSA) is 74.6 Å². The van der Waals surface area contributed by atoms with E-state index in [1.54, 1.807) is 30.3 Å². The molecule has 1 heterocycles. The summed E-state index contributed by atoms with van der Waals surface area (Å²) in [7, 11) is -0.912. The van der Waals surface area contributed by atoms with Crippen LogP contribution in [-0.4, -0.2) is 32.9 Å². The van der Waals surface area contributed by atoms with Crippen LogP contribution in [0, 0.1) is 0 Å². The van der Waals surface area contributed by atoms with Gasteiger partial charge in [-0.2, -0.15) is 0 Å². The maximum atomic E-state index is 13.1. The number of aromatic nitrogens is 1. The molecule has 0 saturated heterocycles. The molecule has 0 aliphatic heterocycles. The minimum atomic E-state index is -3.92. The molecule has 0 unspecified atom stereocenters. The molecule has 0 spiro atoms. The van der Waals surface area contributed by atoms with E-state index in [9.17, 15) is 13.2 Å². The predicted octanol–water partition coefficient (Wildman–Crippen LogP) is 3.47. The SMILES string of the molecule is COc1ccc(S(=O)(=O)n2cc(C=O)c3cc(OC)ccc32)c(Br)c1. The second kappa shape index (κ2) is 6.53. The molecule has 8 heteroatoms. The van der Waals surface area contributed by atoms with Crippen LogP contribution in [-0.2, 0) is 10.0 Å². The van der Waals surface area contributed by atoms with Crippen LogP contribution >= 0.6 is 15.9 Å². The van der Waals surface area contributed by atoms with Crippen molar-refractivity contribution < 1.29 is 22.7 Å². The molecule has 0 fully saturated rings. The van der Waals surface area contributed by atoms with Crippen LogP contribution < -0.4 is 9.47 Å². The van der Waals surface area contributed by atoms with Gasteiger partial charge in [0.15, 0.2) is 6.29 Å². The molecule has 0 aliphatic carbocycles. The summed E-state index contributed by atoms with van der Waals surface area (Å²) >= 11 is 3.27. The fraction of sp³-hybridized carbons (Fsp3) is 0.118. The third-order valence-electron chi connectivity index (χ3n) is 3.81. The van der Waals surface area contributed by atoms with Crippen molar-refractivity contribution >= 4 is 43.1 Å². The second-order valence-electron chi connectivity index (χ2n) is 5.18. The summed E-state index contributed by atoms with van der Waals surface area (Å²) < 4.78 is 37.9. The van der Waals surface area contributed by atoms with E-state index in [1.807, 2.05) is 0 Å². The highest BCUT2D eigenvalue weighted by Gasteiger charge is 2.24. The lowest BCUT2D eigenvalue weighted by Gasteiger charge is -2.10. The largest absolute Gasteiger partial charge is 0.497 e. The Bertz CT molecular complexity index is 1070. The van der Waals surface area contributed by atoms with Gasteiger partial charge in [-0.3, -0.25) is 4.79 Å². The minimum absolute atomic E-state index is 0.0680. The number of ether oxygens (including phenoxy) is 2. The van der Waals surface area contributed by atoms with E-state index in [2.05, 4.69) is 15.9 Å².